The van der Waals surface area contributed by atoms with Crippen molar-refractivity contribution < 1.29 is 4.84 Å². The molecule has 0 aromatic carbocycles. The maximum atomic E-state index is 5.26. The van der Waals surface area contributed by atoms with Gasteiger partial charge < -0.3 is 4.84 Å². The molecule has 0 saturated heterocycles. The summed E-state index contributed by atoms with van der Waals surface area (Å²) in [5.41, 5.74) is 1.10. The van der Waals surface area contributed by atoms with Gasteiger partial charge >= 0.3 is 0 Å². The molecule has 2 aliphatic heterocycles. The van der Waals surface area contributed by atoms with E-state index in [4.69, 9.17) is 4.84 Å². The second kappa shape index (κ2) is 1.62. The molecule has 1 saturated carbocycles. The van der Waals surface area contributed by atoms with Crippen LogP contribution in [0.15, 0.2) is 15.4 Å². The number of azo groups is 1. The average Bonchev–Trinajstić information content (AvgIpc) is 2.60. The largest absolute Gasteiger partial charge is 0.389 e. The van der Waals surface area contributed by atoms with Crippen molar-refractivity contribution in [2.45, 2.75) is 31.5 Å². The fraction of sp³-hybridized carbons (Fsp3) is 0.857. The Morgan fingerprint density at radius 1 is 1.36 bits per heavy atom. The van der Waals surface area contributed by atoms with Crippen molar-refractivity contribution in [3.63, 3.8) is 0 Å². The zero-order chi connectivity index (χ0) is 7.42. The maximum absolute atomic E-state index is 5.26. The summed E-state index contributed by atoms with van der Waals surface area (Å²) in [5.74, 6) is 0.442. The van der Waals surface area contributed by atoms with Crippen LogP contribution < -0.4 is 0 Å². The lowest BCUT2D eigenvalue weighted by molar-refractivity contribution is 0.0566. The van der Waals surface area contributed by atoms with E-state index in [1.165, 1.54) is 0 Å². The van der Waals surface area contributed by atoms with Crippen LogP contribution in [0.4, 0.5) is 0 Å². The van der Waals surface area contributed by atoms with E-state index in [1.54, 1.807) is 0 Å². The van der Waals surface area contributed by atoms with Crippen LogP contribution in [0.1, 0.15) is 13.3 Å². The minimum absolute atomic E-state index is 0.220. The fourth-order valence-corrected chi connectivity index (χ4v) is 2.25. The Labute approximate surface area is 64.3 Å². The lowest BCUT2D eigenvalue weighted by Gasteiger charge is -2.15. The zero-order valence-electron chi connectivity index (χ0n) is 6.27. The molecule has 4 nitrogen and oxygen atoms in total. The van der Waals surface area contributed by atoms with Gasteiger partial charge in [-0.25, -0.2) is 0 Å². The Kier molecular flexibility index (Phi) is 0.840. The summed E-state index contributed by atoms with van der Waals surface area (Å²) >= 11 is 0. The van der Waals surface area contributed by atoms with Gasteiger partial charge in [-0.05, 0) is 6.92 Å². The van der Waals surface area contributed by atoms with Crippen molar-refractivity contribution >= 4 is 5.71 Å². The lowest BCUT2D eigenvalue weighted by Crippen LogP contribution is -2.29. The van der Waals surface area contributed by atoms with Gasteiger partial charge in [0.05, 0.1) is 17.7 Å². The van der Waals surface area contributed by atoms with E-state index >= 15 is 0 Å². The lowest BCUT2D eigenvalue weighted by atomic mass is 9.97. The first-order chi connectivity index (χ1) is 5.36. The highest BCUT2D eigenvalue weighted by molar-refractivity contribution is 5.87. The number of nitrogens with zero attached hydrogens (tertiary/aromatic N) is 3. The van der Waals surface area contributed by atoms with Gasteiger partial charge in [0.1, 0.15) is 6.04 Å². The predicted molar refractivity (Wildman–Crippen MR) is 38.5 cm³/mol. The molecule has 1 fully saturated rings. The van der Waals surface area contributed by atoms with Gasteiger partial charge in [0, 0.05) is 6.42 Å². The molecule has 0 aromatic heterocycles. The van der Waals surface area contributed by atoms with Gasteiger partial charge in [-0.3, -0.25) is 0 Å². The average molecular weight is 151 g/mol. The Balaban J connectivity index is 2.03. The third-order valence-electron chi connectivity index (χ3n) is 2.79. The van der Waals surface area contributed by atoms with Crippen LogP contribution in [0.5, 0.6) is 0 Å². The van der Waals surface area contributed by atoms with Crippen molar-refractivity contribution in [2.24, 2.45) is 21.3 Å². The summed E-state index contributed by atoms with van der Waals surface area (Å²) in [7, 11) is 0. The number of hydrogen-bond acceptors (Lipinski definition) is 4. The smallest absolute Gasteiger partial charge is 0.161 e. The molecule has 1 aliphatic carbocycles. The van der Waals surface area contributed by atoms with E-state index in [0.29, 0.717) is 18.0 Å². The first-order valence-corrected chi connectivity index (χ1v) is 3.96. The van der Waals surface area contributed by atoms with Crippen molar-refractivity contribution in [1.82, 2.24) is 0 Å². The topological polar surface area (TPSA) is 46.3 Å². The van der Waals surface area contributed by atoms with Crippen molar-refractivity contribution in [2.75, 3.05) is 0 Å². The van der Waals surface area contributed by atoms with E-state index in [2.05, 4.69) is 15.4 Å². The normalized spacial score (nSPS) is 50.8. The third-order valence-corrected chi connectivity index (χ3v) is 2.79. The van der Waals surface area contributed by atoms with E-state index < -0.39 is 0 Å². The molecule has 0 amide bonds. The number of rotatable bonds is 0. The van der Waals surface area contributed by atoms with Crippen LogP contribution in [0.25, 0.3) is 0 Å². The van der Waals surface area contributed by atoms with Crippen LogP contribution in [0, 0.1) is 5.92 Å². The summed E-state index contributed by atoms with van der Waals surface area (Å²) < 4.78 is 0. The molecule has 0 spiro atoms. The summed E-state index contributed by atoms with van der Waals surface area (Å²) in [4.78, 5) is 5.26. The minimum atomic E-state index is 0.220. The Morgan fingerprint density at radius 3 is 3.00 bits per heavy atom. The fourth-order valence-electron chi connectivity index (χ4n) is 2.25. The van der Waals surface area contributed by atoms with Crippen LogP contribution in [-0.4, -0.2) is 23.9 Å². The van der Waals surface area contributed by atoms with Crippen LogP contribution in [-0.2, 0) is 4.84 Å². The molecule has 3 aliphatic rings. The molecule has 0 N–H and O–H groups in total. The van der Waals surface area contributed by atoms with Crippen molar-refractivity contribution in [3.8, 4) is 0 Å². The van der Waals surface area contributed by atoms with Gasteiger partial charge in [-0.15, -0.1) is 0 Å². The van der Waals surface area contributed by atoms with Crippen LogP contribution in [0.3, 0.4) is 0 Å². The summed E-state index contributed by atoms with van der Waals surface area (Å²) in [6.45, 7) is 2.01. The monoisotopic (exact) mass is 151 g/mol. The van der Waals surface area contributed by atoms with E-state index in [0.717, 1.165) is 12.1 Å². The molecular weight excluding hydrogens is 142 g/mol. The highest BCUT2D eigenvalue weighted by Gasteiger charge is 2.53. The Hall–Kier alpha value is -0.930. The quantitative estimate of drug-likeness (QED) is 0.509. The molecule has 58 valence electrons. The maximum Gasteiger partial charge on any atom is 0.161 e. The SMILES string of the molecule is CC1=NO[C@H]2[C@H]1[C@H]1C[C@H]2N=N1. The summed E-state index contributed by atoms with van der Waals surface area (Å²) in [6.07, 6.45) is 1.29. The van der Waals surface area contributed by atoms with Crippen molar-refractivity contribution in [3.05, 3.63) is 0 Å². The summed E-state index contributed by atoms with van der Waals surface area (Å²) in [5, 5.41) is 12.2. The first kappa shape index (κ1) is 5.69. The second-order valence-electron chi connectivity index (χ2n) is 3.43. The van der Waals surface area contributed by atoms with E-state index in [9.17, 15) is 0 Å². The molecule has 2 heterocycles. The van der Waals surface area contributed by atoms with E-state index in [1.807, 2.05) is 6.92 Å². The van der Waals surface area contributed by atoms with Gasteiger partial charge in [0.15, 0.2) is 6.10 Å². The minimum Gasteiger partial charge on any atom is -0.389 e. The third kappa shape index (κ3) is 0.536. The Morgan fingerprint density at radius 2 is 2.18 bits per heavy atom. The van der Waals surface area contributed by atoms with Crippen molar-refractivity contribution in [1.29, 1.82) is 0 Å². The van der Waals surface area contributed by atoms with Gasteiger partial charge in [-0.1, -0.05) is 5.16 Å². The predicted octanol–water partition coefficient (Wildman–Crippen LogP) is 0.984. The Bertz CT molecular complexity index is 260. The number of fused-ring (bicyclic) bond motifs is 5. The van der Waals surface area contributed by atoms with Crippen LogP contribution in [0.2, 0.25) is 0 Å². The van der Waals surface area contributed by atoms with Crippen LogP contribution >= 0.6 is 0 Å². The van der Waals surface area contributed by atoms with E-state index in [-0.39, 0.29) is 6.10 Å². The molecule has 0 radical (unpaired) electrons. The molecule has 0 unspecified atom stereocenters. The standard InChI is InChI=1S/C7H9N3O/c1-3-6-4-2-5(9-8-4)7(6)11-10-3/h4-7H,2H2,1H3/t4-,5-,6-,7-/m1/s1. The molecule has 11 heavy (non-hydrogen) atoms. The number of hydrogen-bond donors (Lipinski definition) is 0. The summed E-state index contributed by atoms with van der Waals surface area (Å²) in [6, 6.07) is 0.669. The zero-order valence-corrected chi connectivity index (χ0v) is 6.27. The first-order valence-electron chi connectivity index (χ1n) is 3.96. The molecule has 4 atom stereocenters. The second-order valence-corrected chi connectivity index (χ2v) is 3.43. The van der Waals surface area contributed by atoms with Gasteiger partial charge in [-0.2, -0.15) is 10.2 Å². The highest BCUT2D eigenvalue weighted by atomic mass is 16.6. The van der Waals surface area contributed by atoms with Gasteiger partial charge in [0.25, 0.3) is 0 Å². The molecular formula is C7H9N3O. The van der Waals surface area contributed by atoms with Gasteiger partial charge in [0.2, 0.25) is 0 Å². The number of oxime groups is 1. The highest BCUT2D eigenvalue weighted by Crippen LogP contribution is 2.42. The molecule has 4 heteroatoms. The molecule has 0 aromatic rings. The molecule has 2 bridgehead atoms. The molecule has 3 rings (SSSR count).